The number of hydrogen-bond acceptors (Lipinski definition) is 6. The number of aromatic nitrogens is 1. The highest BCUT2D eigenvalue weighted by molar-refractivity contribution is 7.90. The van der Waals surface area contributed by atoms with E-state index in [0.717, 1.165) is 45.0 Å². The van der Waals surface area contributed by atoms with Gasteiger partial charge >= 0.3 is 0 Å². The lowest BCUT2D eigenvalue weighted by molar-refractivity contribution is -0.145. The molecule has 0 aliphatic carbocycles. The number of anilines is 1. The molecule has 2 saturated heterocycles. The summed E-state index contributed by atoms with van der Waals surface area (Å²) in [4.78, 5) is 6.78. The van der Waals surface area contributed by atoms with E-state index in [0.29, 0.717) is 0 Å². The third-order valence-electron chi connectivity index (χ3n) is 4.28. The van der Waals surface area contributed by atoms with E-state index in [4.69, 9.17) is 9.47 Å². The van der Waals surface area contributed by atoms with Crippen LogP contribution in [0.4, 0.5) is 5.82 Å². The van der Waals surface area contributed by atoms with Crippen molar-refractivity contribution in [3.05, 3.63) is 18.3 Å². The van der Waals surface area contributed by atoms with Gasteiger partial charge in [0.2, 0.25) is 0 Å². The van der Waals surface area contributed by atoms with Gasteiger partial charge in [-0.3, -0.25) is 0 Å². The minimum atomic E-state index is -3.21. The van der Waals surface area contributed by atoms with Crippen LogP contribution in [-0.2, 0) is 19.3 Å². The van der Waals surface area contributed by atoms with E-state index >= 15 is 0 Å². The summed E-state index contributed by atoms with van der Waals surface area (Å²) in [6.45, 7) is 5.04. The van der Waals surface area contributed by atoms with Gasteiger partial charge in [0, 0.05) is 51.6 Å². The van der Waals surface area contributed by atoms with Gasteiger partial charge in [-0.1, -0.05) is 0 Å². The Labute approximate surface area is 131 Å². The Hall–Kier alpha value is -1.18. The predicted octanol–water partition coefficient (Wildman–Crippen LogP) is 1.26. The second-order valence-corrected chi connectivity index (χ2v) is 8.24. The van der Waals surface area contributed by atoms with E-state index in [1.165, 1.54) is 12.5 Å². The van der Waals surface area contributed by atoms with Crippen LogP contribution in [0.15, 0.2) is 23.2 Å². The fourth-order valence-electron chi connectivity index (χ4n) is 3.20. The molecule has 0 amide bonds. The van der Waals surface area contributed by atoms with Gasteiger partial charge in [0.05, 0.1) is 16.6 Å². The molecule has 2 aliphatic heterocycles. The molecule has 1 aromatic heterocycles. The molecule has 2 aliphatic rings. The maximum Gasteiger partial charge on any atom is 0.177 e. The molecule has 2 fully saturated rings. The highest BCUT2D eigenvalue weighted by Crippen LogP contribution is 2.33. The van der Waals surface area contributed by atoms with Crippen LogP contribution in [-0.4, -0.2) is 57.7 Å². The molecule has 3 heterocycles. The molecular formula is C15H22N2O4S. The molecule has 3 rings (SSSR count). The summed E-state index contributed by atoms with van der Waals surface area (Å²) in [5, 5.41) is 0. The van der Waals surface area contributed by atoms with Gasteiger partial charge in [-0.2, -0.15) is 0 Å². The van der Waals surface area contributed by atoms with E-state index in [1.54, 1.807) is 12.1 Å². The number of nitrogens with zero attached hydrogens (tertiary/aromatic N) is 2. The summed E-state index contributed by atoms with van der Waals surface area (Å²) in [6.07, 6.45) is 4.51. The average Bonchev–Trinajstić information content (AvgIpc) is 2.46. The van der Waals surface area contributed by atoms with Crippen LogP contribution in [0.3, 0.4) is 0 Å². The van der Waals surface area contributed by atoms with Gasteiger partial charge in [-0.05, 0) is 19.1 Å². The van der Waals surface area contributed by atoms with Crippen molar-refractivity contribution in [3.8, 4) is 0 Å². The lowest BCUT2D eigenvalue weighted by atomic mass is 9.91. The molecule has 0 saturated carbocycles. The minimum Gasteiger partial charge on any atom is -0.381 e. The number of hydrogen-bond donors (Lipinski definition) is 0. The van der Waals surface area contributed by atoms with Gasteiger partial charge in [0.25, 0.3) is 0 Å². The number of ether oxygens (including phenoxy) is 2. The van der Waals surface area contributed by atoms with Crippen LogP contribution in [0.25, 0.3) is 0 Å². The molecule has 0 N–H and O–H groups in total. The second kappa shape index (κ2) is 5.79. The van der Waals surface area contributed by atoms with Crippen LogP contribution in [0.5, 0.6) is 0 Å². The van der Waals surface area contributed by atoms with Crippen molar-refractivity contribution in [2.45, 2.75) is 36.4 Å². The molecule has 1 unspecified atom stereocenters. The standard InChI is InChI=1S/C15H22N2O4S/c1-12-10-17(11-15(21-12)5-7-20-8-6-15)14-4-3-13(9-16-14)22(2,18)19/h3-4,9,12H,5-8,10-11H2,1-2H3. The molecule has 122 valence electrons. The normalized spacial score (nSPS) is 25.4. The first kappa shape index (κ1) is 15.7. The van der Waals surface area contributed by atoms with Gasteiger partial charge in [-0.25, -0.2) is 13.4 Å². The molecule has 6 nitrogen and oxygen atoms in total. The van der Waals surface area contributed by atoms with Crippen molar-refractivity contribution in [2.24, 2.45) is 0 Å². The molecule has 1 aromatic rings. The largest absolute Gasteiger partial charge is 0.381 e. The number of morpholine rings is 1. The third kappa shape index (κ3) is 3.26. The Morgan fingerprint density at radius 1 is 1.32 bits per heavy atom. The number of sulfone groups is 1. The summed E-state index contributed by atoms with van der Waals surface area (Å²) in [7, 11) is -3.21. The lowest BCUT2D eigenvalue weighted by Crippen LogP contribution is -2.57. The summed E-state index contributed by atoms with van der Waals surface area (Å²) >= 11 is 0. The number of rotatable bonds is 2. The van der Waals surface area contributed by atoms with Crippen molar-refractivity contribution < 1.29 is 17.9 Å². The SMILES string of the molecule is CC1CN(c2ccc(S(C)(=O)=O)cn2)CC2(CCOCC2)O1. The lowest BCUT2D eigenvalue weighted by Gasteiger charge is -2.47. The van der Waals surface area contributed by atoms with E-state index in [2.05, 4.69) is 16.8 Å². The van der Waals surface area contributed by atoms with Gasteiger partial charge in [0.15, 0.2) is 9.84 Å². The summed E-state index contributed by atoms with van der Waals surface area (Å²) in [6, 6.07) is 3.40. The highest BCUT2D eigenvalue weighted by Gasteiger charge is 2.41. The van der Waals surface area contributed by atoms with E-state index in [9.17, 15) is 8.42 Å². The fraction of sp³-hybridized carbons (Fsp3) is 0.667. The van der Waals surface area contributed by atoms with Crippen LogP contribution < -0.4 is 4.90 Å². The molecule has 0 aromatic carbocycles. The van der Waals surface area contributed by atoms with Crippen molar-refractivity contribution in [3.63, 3.8) is 0 Å². The maximum absolute atomic E-state index is 11.5. The first-order valence-corrected chi connectivity index (χ1v) is 9.44. The Kier molecular flexibility index (Phi) is 4.13. The monoisotopic (exact) mass is 326 g/mol. The Bertz CT molecular complexity index is 623. The Balaban J connectivity index is 1.81. The van der Waals surface area contributed by atoms with E-state index < -0.39 is 9.84 Å². The van der Waals surface area contributed by atoms with Crippen LogP contribution in [0, 0.1) is 0 Å². The van der Waals surface area contributed by atoms with Crippen molar-refractivity contribution in [1.29, 1.82) is 0 Å². The first-order chi connectivity index (χ1) is 10.4. The Morgan fingerprint density at radius 2 is 2.05 bits per heavy atom. The van der Waals surface area contributed by atoms with Crippen molar-refractivity contribution in [1.82, 2.24) is 4.98 Å². The molecular weight excluding hydrogens is 304 g/mol. The van der Waals surface area contributed by atoms with Crippen LogP contribution in [0.1, 0.15) is 19.8 Å². The predicted molar refractivity (Wildman–Crippen MR) is 82.9 cm³/mol. The van der Waals surface area contributed by atoms with Gasteiger partial charge < -0.3 is 14.4 Å². The summed E-state index contributed by atoms with van der Waals surface area (Å²) in [5.41, 5.74) is -0.174. The highest BCUT2D eigenvalue weighted by atomic mass is 32.2. The maximum atomic E-state index is 11.5. The molecule has 0 bridgehead atoms. The smallest absolute Gasteiger partial charge is 0.177 e. The molecule has 1 atom stereocenters. The van der Waals surface area contributed by atoms with Crippen LogP contribution >= 0.6 is 0 Å². The van der Waals surface area contributed by atoms with Gasteiger partial charge in [0.1, 0.15) is 5.82 Å². The molecule has 22 heavy (non-hydrogen) atoms. The molecule has 0 radical (unpaired) electrons. The quantitative estimate of drug-likeness (QED) is 0.815. The van der Waals surface area contributed by atoms with E-state index in [1.807, 2.05) is 0 Å². The van der Waals surface area contributed by atoms with E-state index in [-0.39, 0.29) is 16.6 Å². The zero-order valence-corrected chi connectivity index (χ0v) is 13.8. The topological polar surface area (TPSA) is 68.7 Å². The summed E-state index contributed by atoms with van der Waals surface area (Å²) < 4.78 is 34.7. The third-order valence-corrected chi connectivity index (χ3v) is 5.38. The zero-order chi connectivity index (χ0) is 15.8. The minimum absolute atomic E-state index is 0.114. The first-order valence-electron chi connectivity index (χ1n) is 7.55. The summed E-state index contributed by atoms with van der Waals surface area (Å²) in [5.74, 6) is 0.799. The number of pyridine rings is 1. The molecule has 7 heteroatoms. The van der Waals surface area contributed by atoms with Crippen molar-refractivity contribution >= 4 is 15.7 Å². The average molecular weight is 326 g/mol. The second-order valence-electron chi connectivity index (χ2n) is 6.23. The Morgan fingerprint density at radius 3 is 2.64 bits per heavy atom. The zero-order valence-electron chi connectivity index (χ0n) is 13.0. The fourth-order valence-corrected chi connectivity index (χ4v) is 3.76. The van der Waals surface area contributed by atoms with Gasteiger partial charge in [-0.15, -0.1) is 0 Å². The van der Waals surface area contributed by atoms with Crippen molar-refractivity contribution in [2.75, 3.05) is 37.5 Å². The van der Waals surface area contributed by atoms with Crippen LogP contribution in [0.2, 0.25) is 0 Å². The molecule has 1 spiro atoms.